The fourth-order valence-electron chi connectivity index (χ4n) is 2.75. The van der Waals surface area contributed by atoms with Crippen molar-refractivity contribution in [2.75, 3.05) is 6.54 Å². The molecule has 8 nitrogen and oxygen atoms in total. The van der Waals surface area contributed by atoms with E-state index in [1.807, 2.05) is 24.4 Å². The van der Waals surface area contributed by atoms with Gasteiger partial charge in [-0.25, -0.2) is 0 Å². The topological polar surface area (TPSA) is 106 Å². The molecule has 25 heavy (non-hydrogen) atoms. The molecule has 0 radical (unpaired) electrons. The Labute approximate surface area is 144 Å². The van der Waals surface area contributed by atoms with E-state index in [-0.39, 0.29) is 11.6 Å². The number of para-hydroxylation sites is 1. The van der Waals surface area contributed by atoms with Crippen molar-refractivity contribution in [1.82, 2.24) is 20.1 Å². The molecule has 2 N–H and O–H groups in total. The van der Waals surface area contributed by atoms with Crippen LogP contribution in [0.25, 0.3) is 10.9 Å². The van der Waals surface area contributed by atoms with Crippen molar-refractivity contribution >= 4 is 22.5 Å². The van der Waals surface area contributed by atoms with Gasteiger partial charge in [0, 0.05) is 30.1 Å². The number of hydrogen-bond donors (Lipinski definition) is 2. The Morgan fingerprint density at radius 2 is 2.20 bits per heavy atom. The third kappa shape index (κ3) is 4.23. The molecule has 2 aromatic heterocycles. The van der Waals surface area contributed by atoms with E-state index < -0.39 is 4.92 Å². The summed E-state index contributed by atoms with van der Waals surface area (Å²) in [6.07, 6.45) is 6.59. The molecule has 0 aliphatic heterocycles. The number of rotatable bonds is 8. The molecule has 0 saturated heterocycles. The van der Waals surface area contributed by atoms with Crippen LogP contribution in [0.15, 0.2) is 42.9 Å². The minimum absolute atomic E-state index is 0.0264. The summed E-state index contributed by atoms with van der Waals surface area (Å²) < 4.78 is 1.45. The zero-order chi connectivity index (χ0) is 17.6. The maximum Gasteiger partial charge on any atom is 0.306 e. The zero-order valence-electron chi connectivity index (χ0n) is 13.6. The molecule has 1 amide bonds. The van der Waals surface area contributed by atoms with Crippen molar-refractivity contribution in [3.05, 3.63) is 58.5 Å². The van der Waals surface area contributed by atoms with Crippen LogP contribution in [0.1, 0.15) is 18.4 Å². The van der Waals surface area contributed by atoms with Gasteiger partial charge >= 0.3 is 5.69 Å². The molecule has 0 fully saturated rings. The van der Waals surface area contributed by atoms with Crippen LogP contribution in [0.3, 0.4) is 0 Å². The molecule has 0 bridgehead atoms. The highest BCUT2D eigenvalue weighted by Gasteiger charge is 2.09. The van der Waals surface area contributed by atoms with Crippen LogP contribution in [-0.4, -0.2) is 32.1 Å². The van der Waals surface area contributed by atoms with Gasteiger partial charge in [0.2, 0.25) is 5.91 Å². The normalized spacial score (nSPS) is 10.9. The first-order valence-corrected chi connectivity index (χ1v) is 8.12. The third-order valence-corrected chi connectivity index (χ3v) is 4.02. The molecule has 0 aliphatic rings. The van der Waals surface area contributed by atoms with E-state index in [0.717, 1.165) is 18.4 Å². The van der Waals surface area contributed by atoms with E-state index >= 15 is 0 Å². The molecule has 3 rings (SSSR count). The van der Waals surface area contributed by atoms with E-state index in [1.165, 1.54) is 28.0 Å². The summed E-state index contributed by atoms with van der Waals surface area (Å²) in [6, 6.07) is 8.10. The van der Waals surface area contributed by atoms with Gasteiger partial charge in [0.25, 0.3) is 0 Å². The number of carbonyl (C=O) groups excluding carboxylic acids is 1. The molecule has 130 valence electrons. The number of hydrogen-bond acceptors (Lipinski definition) is 4. The average Bonchev–Trinajstić information content (AvgIpc) is 3.22. The summed E-state index contributed by atoms with van der Waals surface area (Å²) in [5.74, 6) is -0.0264. The quantitative estimate of drug-likeness (QED) is 0.485. The lowest BCUT2D eigenvalue weighted by atomic mass is 10.1. The summed E-state index contributed by atoms with van der Waals surface area (Å²) in [5.41, 5.74) is 2.27. The largest absolute Gasteiger partial charge is 0.361 e. The minimum Gasteiger partial charge on any atom is -0.361 e. The maximum absolute atomic E-state index is 11.9. The van der Waals surface area contributed by atoms with Gasteiger partial charge in [0.15, 0.2) is 0 Å². The number of carbonyl (C=O) groups is 1. The number of H-pyrrole nitrogens is 1. The lowest BCUT2D eigenvalue weighted by Gasteiger charge is -2.05. The summed E-state index contributed by atoms with van der Waals surface area (Å²) in [5, 5.41) is 18.5. The van der Waals surface area contributed by atoms with Crippen LogP contribution in [-0.2, 0) is 17.8 Å². The number of aromatic nitrogens is 3. The molecule has 2 heterocycles. The Balaban J connectivity index is 1.38. The SMILES string of the molecule is O=C(CCCc1c[nH]c2ccccc12)NCCn1cc([N+](=O)[O-])cn1. The number of nitrogens with one attached hydrogen (secondary N) is 2. The van der Waals surface area contributed by atoms with Gasteiger partial charge in [-0.15, -0.1) is 0 Å². The number of aromatic amines is 1. The fraction of sp³-hybridized carbons (Fsp3) is 0.294. The van der Waals surface area contributed by atoms with Gasteiger partial charge < -0.3 is 10.3 Å². The van der Waals surface area contributed by atoms with Gasteiger partial charge in [-0.3, -0.25) is 19.6 Å². The Bertz CT molecular complexity index is 883. The smallest absolute Gasteiger partial charge is 0.306 e. The van der Waals surface area contributed by atoms with E-state index in [2.05, 4.69) is 21.5 Å². The van der Waals surface area contributed by atoms with Gasteiger partial charge in [-0.05, 0) is 24.5 Å². The van der Waals surface area contributed by atoms with Crippen LogP contribution in [0.4, 0.5) is 5.69 Å². The number of amides is 1. The molecular formula is C17H19N5O3. The standard InChI is InChI=1S/C17H19N5O3/c23-17(18-8-9-21-12-14(11-20-21)22(24)25)7-3-4-13-10-19-16-6-2-1-5-15(13)16/h1-2,5-6,10-12,19H,3-4,7-9H2,(H,18,23). The number of nitrogens with zero attached hydrogens (tertiary/aromatic N) is 3. The third-order valence-electron chi connectivity index (χ3n) is 4.02. The molecule has 0 atom stereocenters. The summed E-state index contributed by atoms with van der Waals surface area (Å²) in [4.78, 5) is 25.2. The van der Waals surface area contributed by atoms with Crippen LogP contribution < -0.4 is 5.32 Å². The van der Waals surface area contributed by atoms with Crippen molar-refractivity contribution in [3.63, 3.8) is 0 Å². The minimum atomic E-state index is -0.493. The number of fused-ring (bicyclic) bond motifs is 1. The van der Waals surface area contributed by atoms with Crippen LogP contribution in [0.5, 0.6) is 0 Å². The summed E-state index contributed by atoms with van der Waals surface area (Å²) in [7, 11) is 0. The lowest BCUT2D eigenvalue weighted by Crippen LogP contribution is -2.27. The molecular weight excluding hydrogens is 322 g/mol. The van der Waals surface area contributed by atoms with Crippen molar-refractivity contribution in [2.45, 2.75) is 25.8 Å². The highest BCUT2D eigenvalue weighted by molar-refractivity contribution is 5.83. The first kappa shape index (κ1) is 16.7. The van der Waals surface area contributed by atoms with Gasteiger partial charge in [0.05, 0.1) is 11.5 Å². The van der Waals surface area contributed by atoms with Gasteiger partial charge in [-0.2, -0.15) is 5.10 Å². The lowest BCUT2D eigenvalue weighted by molar-refractivity contribution is -0.385. The first-order valence-electron chi connectivity index (χ1n) is 8.12. The van der Waals surface area contributed by atoms with Crippen LogP contribution >= 0.6 is 0 Å². The second-order valence-corrected chi connectivity index (χ2v) is 5.78. The summed E-state index contributed by atoms with van der Waals surface area (Å²) >= 11 is 0. The second-order valence-electron chi connectivity index (χ2n) is 5.78. The van der Waals surface area contributed by atoms with Gasteiger partial charge in [0.1, 0.15) is 12.4 Å². The van der Waals surface area contributed by atoms with Crippen molar-refractivity contribution in [2.24, 2.45) is 0 Å². The van der Waals surface area contributed by atoms with Crippen molar-refractivity contribution < 1.29 is 9.72 Å². The highest BCUT2D eigenvalue weighted by Crippen LogP contribution is 2.19. The van der Waals surface area contributed by atoms with E-state index in [1.54, 1.807) is 0 Å². The van der Waals surface area contributed by atoms with Crippen LogP contribution in [0.2, 0.25) is 0 Å². The maximum atomic E-state index is 11.9. The van der Waals surface area contributed by atoms with E-state index in [9.17, 15) is 14.9 Å². The number of aryl methyl sites for hydroxylation is 1. The zero-order valence-corrected chi connectivity index (χ0v) is 13.6. The predicted molar refractivity (Wildman–Crippen MR) is 93.1 cm³/mol. The summed E-state index contributed by atoms with van der Waals surface area (Å²) in [6.45, 7) is 0.798. The van der Waals surface area contributed by atoms with Crippen LogP contribution in [0, 0.1) is 10.1 Å². The molecule has 8 heteroatoms. The fourth-order valence-corrected chi connectivity index (χ4v) is 2.75. The highest BCUT2D eigenvalue weighted by atomic mass is 16.6. The van der Waals surface area contributed by atoms with E-state index in [0.29, 0.717) is 19.5 Å². The van der Waals surface area contributed by atoms with Crippen molar-refractivity contribution in [1.29, 1.82) is 0 Å². The Morgan fingerprint density at radius 3 is 3.00 bits per heavy atom. The van der Waals surface area contributed by atoms with E-state index in [4.69, 9.17) is 0 Å². The Hall–Kier alpha value is -3.16. The average molecular weight is 341 g/mol. The molecule has 1 aromatic carbocycles. The monoisotopic (exact) mass is 341 g/mol. The number of benzene rings is 1. The second kappa shape index (κ2) is 7.61. The Morgan fingerprint density at radius 1 is 1.36 bits per heavy atom. The molecule has 0 aliphatic carbocycles. The molecule has 0 spiro atoms. The predicted octanol–water partition coefficient (Wildman–Crippen LogP) is 2.41. The van der Waals surface area contributed by atoms with Crippen molar-refractivity contribution in [3.8, 4) is 0 Å². The molecule has 0 saturated carbocycles. The Kier molecular flexibility index (Phi) is 5.08. The molecule has 0 unspecified atom stereocenters. The molecule has 3 aromatic rings. The first-order chi connectivity index (χ1) is 12.1. The number of nitro groups is 1. The van der Waals surface area contributed by atoms with Gasteiger partial charge in [-0.1, -0.05) is 18.2 Å².